The lowest BCUT2D eigenvalue weighted by Gasteiger charge is -2.11. The Bertz CT molecular complexity index is 1160. The van der Waals surface area contributed by atoms with Crippen molar-refractivity contribution >= 4 is 5.65 Å². The fraction of sp³-hybridized carbons (Fsp3) is 0.111. The van der Waals surface area contributed by atoms with E-state index in [1.807, 2.05) is 0 Å². The number of ether oxygens (including phenoxy) is 1. The van der Waals surface area contributed by atoms with E-state index in [-0.39, 0.29) is 23.0 Å². The third kappa shape index (κ3) is 3.71. The monoisotopic (exact) mass is 407 g/mol. The molecule has 0 bridgehead atoms. The Morgan fingerprint density at radius 3 is 2.34 bits per heavy atom. The Morgan fingerprint density at radius 1 is 0.931 bits per heavy atom. The first-order chi connectivity index (χ1) is 13.8. The first kappa shape index (κ1) is 18.7. The summed E-state index contributed by atoms with van der Waals surface area (Å²) in [5.74, 6) is -0.333. The van der Waals surface area contributed by atoms with Gasteiger partial charge in [-0.1, -0.05) is 0 Å². The minimum Gasteiger partial charge on any atom is -0.437 e. The molecule has 6 nitrogen and oxygen atoms in total. The highest BCUT2D eigenvalue weighted by molar-refractivity contribution is 5.68. The molecule has 0 atom stereocenters. The summed E-state index contributed by atoms with van der Waals surface area (Å²) < 4.78 is 70.6. The Kier molecular flexibility index (Phi) is 4.57. The first-order valence-corrected chi connectivity index (χ1v) is 8.12. The Balaban J connectivity index is 1.67. The predicted molar refractivity (Wildman–Crippen MR) is 90.5 cm³/mol. The molecule has 11 heteroatoms. The molecule has 0 radical (unpaired) electrons. The quantitative estimate of drug-likeness (QED) is 0.449. The van der Waals surface area contributed by atoms with Crippen LogP contribution in [0.3, 0.4) is 0 Å². The molecule has 0 spiro atoms. The lowest BCUT2D eigenvalue weighted by atomic mass is 10.2. The molecule has 3 aromatic heterocycles. The van der Waals surface area contributed by atoms with Gasteiger partial charge >= 0.3 is 6.18 Å². The molecule has 0 aliphatic rings. The van der Waals surface area contributed by atoms with Gasteiger partial charge in [0.1, 0.15) is 11.4 Å². The molecule has 0 unspecified atom stereocenters. The number of hydrogen-bond acceptors (Lipinski definition) is 5. The van der Waals surface area contributed by atoms with Crippen LogP contribution in [-0.2, 0) is 6.18 Å². The Hall–Kier alpha value is -3.63. The standard InChI is InChI=1S/C18H10F5N5O/c19-15(20)16-27-26-13-9-10(5-8-28(13)16)14-17(25-7-6-24-14)29-12-3-1-11(2-4-12)18(21,22)23/h1-9,15H. The summed E-state index contributed by atoms with van der Waals surface area (Å²) in [4.78, 5) is 8.24. The Labute approximate surface area is 159 Å². The van der Waals surface area contributed by atoms with E-state index in [1.54, 1.807) is 0 Å². The van der Waals surface area contributed by atoms with E-state index < -0.39 is 24.0 Å². The van der Waals surface area contributed by atoms with E-state index >= 15 is 0 Å². The minimum absolute atomic E-state index is 0.0326. The summed E-state index contributed by atoms with van der Waals surface area (Å²) >= 11 is 0. The van der Waals surface area contributed by atoms with Crippen LogP contribution in [-0.4, -0.2) is 24.6 Å². The van der Waals surface area contributed by atoms with Crippen LogP contribution in [0, 0.1) is 0 Å². The topological polar surface area (TPSA) is 65.2 Å². The summed E-state index contributed by atoms with van der Waals surface area (Å²) in [5, 5.41) is 7.16. The van der Waals surface area contributed by atoms with Crippen molar-refractivity contribution in [1.29, 1.82) is 0 Å². The number of halogens is 5. The normalized spacial score (nSPS) is 11.9. The van der Waals surface area contributed by atoms with Crippen LogP contribution >= 0.6 is 0 Å². The second kappa shape index (κ2) is 7.08. The van der Waals surface area contributed by atoms with Gasteiger partial charge in [-0.3, -0.25) is 4.40 Å². The summed E-state index contributed by atoms with van der Waals surface area (Å²) in [7, 11) is 0. The molecule has 0 fully saturated rings. The molecule has 0 aliphatic heterocycles. The van der Waals surface area contributed by atoms with Crippen molar-refractivity contribution in [3.8, 4) is 22.9 Å². The van der Waals surface area contributed by atoms with Crippen LogP contribution in [0.4, 0.5) is 22.0 Å². The zero-order chi connectivity index (χ0) is 20.6. The maximum Gasteiger partial charge on any atom is 0.416 e. The van der Waals surface area contributed by atoms with Gasteiger partial charge in [-0.2, -0.15) is 13.2 Å². The van der Waals surface area contributed by atoms with E-state index in [0.717, 1.165) is 28.7 Å². The van der Waals surface area contributed by atoms with Gasteiger partial charge in [0.15, 0.2) is 5.65 Å². The van der Waals surface area contributed by atoms with E-state index in [9.17, 15) is 22.0 Å². The number of rotatable bonds is 4. The number of nitrogens with zero attached hydrogens (tertiary/aromatic N) is 5. The summed E-state index contributed by atoms with van der Waals surface area (Å²) in [6.07, 6.45) is -3.13. The van der Waals surface area contributed by atoms with Crippen molar-refractivity contribution in [3.63, 3.8) is 0 Å². The van der Waals surface area contributed by atoms with Gasteiger partial charge in [0.2, 0.25) is 11.7 Å². The molecule has 0 amide bonds. The third-order valence-electron chi connectivity index (χ3n) is 3.97. The van der Waals surface area contributed by atoms with Crippen molar-refractivity contribution in [3.05, 3.63) is 66.4 Å². The van der Waals surface area contributed by atoms with Gasteiger partial charge in [0.25, 0.3) is 6.43 Å². The highest BCUT2D eigenvalue weighted by atomic mass is 19.4. The number of pyridine rings is 1. The average Bonchev–Trinajstić information content (AvgIpc) is 3.12. The highest BCUT2D eigenvalue weighted by Crippen LogP contribution is 2.33. The molecule has 4 rings (SSSR count). The van der Waals surface area contributed by atoms with E-state index in [2.05, 4.69) is 20.2 Å². The lowest BCUT2D eigenvalue weighted by Crippen LogP contribution is -2.04. The zero-order valence-electron chi connectivity index (χ0n) is 14.3. The van der Waals surface area contributed by atoms with Crippen LogP contribution in [0.1, 0.15) is 17.8 Å². The van der Waals surface area contributed by atoms with Crippen molar-refractivity contribution in [2.24, 2.45) is 0 Å². The molecular weight excluding hydrogens is 397 g/mol. The maximum absolute atomic E-state index is 12.9. The van der Waals surface area contributed by atoms with E-state index in [0.29, 0.717) is 5.56 Å². The minimum atomic E-state index is -4.46. The fourth-order valence-electron chi connectivity index (χ4n) is 2.63. The summed E-state index contributed by atoms with van der Waals surface area (Å²) in [5.41, 5.74) is 0.0810. The van der Waals surface area contributed by atoms with Gasteiger partial charge in [-0.05, 0) is 36.4 Å². The number of hydrogen-bond donors (Lipinski definition) is 0. The molecule has 0 N–H and O–H groups in total. The highest BCUT2D eigenvalue weighted by Gasteiger charge is 2.30. The van der Waals surface area contributed by atoms with Crippen molar-refractivity contribution in [2.75, 3.05) is 0 Å². The molecular formula is C18H10F5N5O. The van der Waals surface area contributed by atoms with Crippen LogP contribution in [0.15, 0.2) is 55.0 Å². The number of fused-ring (bicyclic) bond motifs is 1. The van der Waals surface area contributed by atoms with E-state index in [1.165, 1.54) is 30.7 Å². The smallest absolute Gasteiger partial charge is 0.416 e. The van der Waals surface area contributed by atoms with Gasteiger partial charge in [0, 0.05) is 24.2 Å². The number of benzene rings is 1. The summed E-state index contributed by atoms with van der Waals surface area (Å²) in [6, 6.07) is 7.09. The maximum atomic E-state index is 12.9. The van der Waals surface area contributed by atoms with Crippen molar-refractivity contribution in [2.45, 2.75) is 12.6 Å². The second-order valence-corrected chi connectivity index (χ2v) is 5.84. The molecule has 0 saturated carbocycles. The molecule has 29 heavy (non-hydrogen) atoms. The van der Waals surface area contributed by atoms with Gasteiger partial charge < -0.3 is 4.74 Å². The molecule has 1 aromatic carbocycles. The average molecular weight is 407 g/mol. The molecule has 4 aromatic rings. The fourth-order valence-corrected chi connectivity index (χ4v) is 2.63. The van der Waals surface area contributed by atoms with Gasteiger partial charge in [-0.15, -0.1) is 10.2 Å². The Morgan fingerprint density at radius 2 is 1.66 bits per heavy atom. The van der Waals surface area contributed by atoms with Crippen LogP contribution in [0.2, 0.25) is 0 Å². The number of alkyl halides is 5. The second-order valence-electron chi connectivity index (χ2n) is 5.84. The number of aromatic nitrogens is 5. The SMILES string of the molecule is FC(F)c1nnc2cc(-c3nccnc3Oc3ccc(C(F)(F)F)cc3)ccn12. The van der Waals surface area contributed by atoms with Gasteiger partial charge in [0.05, 0.1) is 5.56 Å². The van der Waals surface area contributed by atoms with Crippen molar-refractivity contribution < 1.29 is 26.7 Å². The molecule has 0 saturated heterocycles. The van der Waals surface area contributed by atoms with Crippen LogP contribution in [0.5, 0.6) is 11.6 Å². The van der Waals surface area contributed by atoms with Crippen LogP contribution in [0.25, 0.3) is 16.9 Å². The first-order valence-electron chi connectivity index (χ1n) is 8.12. The largest absolute Gasteiger partial charge is 0.437 e. The molecule has 3 heterocycles. The third-order valence-corrected chi connectivity index (χ3v) is 3.97. The molecule has 148 valence electrons. The van der Waals surface area contributed by atoms with Gasteiger partial charge in [-0.25, -0.2) is 18.7 Å². The zero-order valence-corrected chi connectivity index (χ0v) is 14.3. The summed E-state index contributed by atoms with van der Waals surface area (Å²) in [6.45, 7) is 0. The lowest BCUT2D eigenvalue weighted by molar-refractivity contribution is -0.137. The predicted octanol–water partition coefficient (Wildman–Crippen LogP) is 4.94. The van der Waals surface area contributed by atoms with Crippen molar-refractivity contribution in [1.82, 2.24) is 24.6 Å². The molecule has 0 aliphatic carbocycles. The van der Waals surface area contributed by atoms with E-state index in [4.69, 9.17) is 4.74 Å². The van der Waals surface area contributed by atoms with Crippen LogP contribution < -0.4 is 4.74 Å².